The van der Waals surface area contributed by atoms with Gasteiger partial charge in [-0.3, -0.25) is 5.32 Å². The Bertz CT molecular complexity index is 444. The summed E-state index contributed by atoms with van der Waals surface area (Å²) < 4.78 is 37.7. The summed E-state index contributed by atoms with van der Waals surface area (Å²) in [6.07, 6.45) is -4.33. The van der Waals surface area contributed by atoms with Crippen LogP contribution in [0.2, 0.25) is 0 Å². The second-order valence-corrected chi connectivity index (χ2v) is 3.72. The highest BCUT2D eigenvalue weighted by Crippen LogP contribution is 2.30. The molecule has 0 aliphatic carbocycles. The number of alkyl halides is 3. The molecule has 0 aromatic heterocycles. The Morgan fingerprint density at radius 1 is 1.39 bits per heavy atom. The highest BCUT2D eigenvalue weighted by Gasteiger charge is 2.30. The van der Waals surface area contributed by atoms with Crippen molar-refractivity contribution in [2.75, 3.05) is 13.1 Å². The minimum Gasteiger partial charge on any atom is -0.329 e. The molecule has 0 spiro atoms. The van der Waals surface area contributed by atoms with Gasteiger partial charge in [0.25, 0.3) is 0 Å². The van der Waals surface area contributed by atoms with E-state index in [9.17, 15) is 13.2 Å². The Morgan fingerprint density at radius 2 is 2.11 bits per heavy atom. The Labute approximate surface area is 104 Å². The minimum atomic E-state index is -4.33. The zero-order valence-corrected chi connectivity index (χ0v) is 10.0. The summed E-state index contributed by atoms with van der Waals surface area (Å²) in [4.78, 5) is 0. The van der Waals surface area contributed by atoms with Gasteiger partial charge in [-0.05, 0) is 24.6 Å². The van der Waals surface area contributed by atoms with Crippen molar-refractivity contribution >= 4 is 0 Å². The van der Waals surface area contributed by atoms with Crippen molar-refractivity contribution in [3.63, 3.8) is 0 Å². The normalized spacial score (nSPS) is 12.7. The smallest absolute Gasteiger partial charge is 0.329 e. The molecule has 2 nitrogen and oxygen atoms in total. The largest absolute Gasteiger partial charge is 0.416 e. The molecule has 3 N–H and O–H groups in total. The fourth-order valence-corrected chi connectivity index (χ4v) is 1.53. The number of halogens is 3. The van der Waals surface area contributed by atoms with Crippen molar-refractivity contribution < 1.29 is 13.2 Å². The summed E-state index contributed by atoms with van der Waals surface area (Å²) >= 11 is 0. The predicted octanol–water partition coefficient (Wildman–Crippen LogP) is 2.32. The first-order chi connectivity index (χ1) is 8.49. The van der Waals surface area contributed by atoms with Crippen molar-refractivity contribution in [1.29, 1.82) is 0 Å². The summed E-state index contributed by atoms with van der Waals surface area (Å²) in [5.74, 6) is 5.49. The lowest BCUT2D eigenvalue weighted by atomic mass is 10.0. The molecule has 1 aromatic rings. The highest BCUT2D eigenvalue weighted by atomic mass is 19.4. The molecule has 0 saturated heterocycles. The molecule has 0 bridgehead atoms. The molecule has 0 saturated carbocycles. The van der Waals surface area contributed by atoms with Crippen molar-refractivity contribution in [2.24, 2.45) is 5.73 Å². The van der Waals surface area contributed by atoms with E-state index < -0.39 is 11.7 Å². The van der Waals surface area contributed by atoms with Crippen LogP contribution in [-0.2, 0) is 6.18 Å². The van der Waals surface area contributed by atoms with E-state index in [4.69, 9.17) is 5.73 Å². The molecule has 1 rings (SSSR count). The van der Waals surface area contributed by atoms with Crippen LogP contribution in [0.1, 0.15) is 24.1 Å². The Balaban J connectivity index is 2.88. The zero-order chi connectivity index (χ0) is 13.6. The molecular weight excluding hydrogens is 241 g/mol. The Hall–Kier alpha value is -1.51. The first kappa shape index (κ1) is 14.6. The average Bonchev–Trinajstić information content (AvgIpc) is 2.34. The quantitative estimate of drug-likeness (QED) is 0.811. The molecule has 0 radical (unpaired) electrons. The summed E-state index contributed by atoms with van der Waals surface area (Å²) in [5.41, 5.74) is 5.41. The fourth-order valence-electron chi connectivity index (χ4n) is 1.53. The van der Waals surface area contributed by atoms with Gasteiger partial charge < -0.3 is 5.73 Å². The van der Waals surface area contributed by atoms with Gasteiger partial charge in [-0.2, -0.15) is 13.2 Å². The van der Waals surface area contributed by atoms with Gasteiger partial charge in [0.2, 0.25) is 0 Å². The molecule has 0 fully saturated rings. The average molecular weight is 256 g/mol. The second kappa shape index (κ2) is 6.43. The van der Waals surface area contributed by atoms with Crippen LogP contribution in [0, 0.1) is 11.8 Å². The first-order valence-electron chi connectivity index (χ1n) is 5.49. The SMILES string of the molecule is CC#CCNC(CN)c1cccc(C(F)(F)F)c1. The summed E-state index contributed by atoms with van der Waals surface area (Å²) in [7, 11) is 0. The summed E-state index contributed by atoms with van der Waals surface area (Å²) in [6.45, 7) is 2.31. The number of rotatable bonds is 4. The Kier molecular flexibility index (Phi) is 5.20. The number of nitrogens with one attached hydrogen (secondary N) is 1. The van der Waals surface area contributed by atoms with Gasteiger partial charge in [-0.25, -0.2) is 0 Å². The predicted molar refractivity (Wildman–Crippen MR) is 64.7 cm³/mol. The van der Waals surface area contributed by atoms with Crippen LogP contribution in [0.4, 0.5) is 13.2 Å². The van der Waals surface area contributed by atoms with Crippen molar-refractivity contribution in [3.8, 4) is 11.8 Å². The summed E-state index contributed by atoms with van der Waals surface area (Å²) in [6, 6.07) is 4.84. The molecule has 0 amide bonds. The van der Waals surface area contributed by atoms with E-state index in [1.807, 2.05) is 0 Å². The molecular formula is C13H15F3N2. The van der Waals surface area contributed by atoms with Gasteiger partial charge in [0.15, 0.2) is 0 Å². The topological polar surface area (TPSA) is 38.0 Å². The lowest BCUT2D eigenvalue weighted by Gasteiger charge is -2.17. The molecule has 0 heterocycles. The van der Waals surface area contributed by atoms with Crippen LogP contribution in [0.15, 0.2) is 24.3 Å². The van der Waals surface area contributed by atoms with E-state index in [1.165, 1.54) is 6.07 Å². The number of benzene rings is 1. The maximum atomic E-state index is 12.6. The van der Waals surface area contributed by atoms with Crippen molar-refractivity contribution in [2.45, 2.75) is 19.1 Å². The van der Waals surface area contributed by atoms with E-state index in [1.54, 1.807) is 13.0 Å². The molecule has 0 aliphatic heterocycles. The van der Waals surface area contributed by atoms with Gasteiger partial charge in [0, 0.05) is 12.6 Å². The molecule has 5 heteroatoms. The summed E-state index contributed by atoms with van der Waals surface area (Å²) in [5, 5.41) is 3.00. The van der Waals surface area contributed by atoms with Gasteiger partial charge in [-0.15, -0.1) is 5.92 Å². The van der Waals surface area contributed by atoms with Crippen LogP contribution in [0.5, 0.6) is 0 Å². The van der Waals surface area contributed by atoms with E-state index in [0.717, 1.165) is 12.1 Å². The van der Waals surface area contributed by atoms with Crippen LogP contribution in [0.25, 0.3) is 0 Å². The van der Waals surface area contributed by atoms with Crippen LogP contribution < -0.4 is 11.1 Å². The molecule has 1 aromatic carbocycles. The third-order valence-electron chi connectivity index (χ3n) is 2.47. The van der Waals surface area contributed by atoms with Crippen molar-refractivity contribution in [1.82, 2.24) is 5.32 Å². The van der Waals surface area contributed by atoms with E-state index >= 15 is 0 Å². The van der Waals surface area contributed by atoms with Crippen LogP contribution in [0.3, 0.4) is 0 Å². The van der Waals surface area contributed by atoms with Gasteiger partial charge >= 0.3 is 6.18 Å². The second-order valence-electron chi connectivity index (χ2n) is 3.72. The minimum absolute atomic E-state index is 0.215. The monoisotopic (exact) mass is 256 g/mol. The lowest BCUT2D eigenvalue weighted by molar-refractivity contribution is -0.137. The first-order valence-corrected chi connectivity index (χ1v) is 5.49. The molecule has 1 atom stereocenters. The van der Waals surface area contributed by atoms with Gasteiger partial charge in [0.05, 0.1) is 12.1 Å². The maximum absolute atomic E-state index is 12.6. The molecule has 1 unspecified atom stereocenters. The van der Waals surface area contributed by atoms with Crippen LogP contribution >= 0.6 is 0 Å². The Morgan fingerprint density at radius 3 is 2.67 bits per heavy atom. The number of hydrogen-bond acceptors (Lipinski definition) is 2. The third kappa shape index (κ3) is 4.06. The molecule has 98 valence electrons. The van der Waals surface area contributed by atoms with Crippen molar-refractivity contribution in [3.05, 3.63) is 35.4 Å². The third-order valence-corrected chi connectivity index (χ3v) is 2.47. The standard InChI is InChI=1S/C13H15F3N2/c1-2-3-7-18-12(9-17)10-5-4-6-11(8-10)13(14,15)16/h4-6,8,12,18H,7,9,17H2,1H3. The fraction of sp³-hybridized carbons (Fsp3) is 0.385. The van der Waals surface area contributed by atoms with E-state index in [2.05, 4.69) is 17.2 Å². The van der Waals surface area contributed by atoms with E-state index in [-0.39, 0.29) is 12.6 Å². The van der Waals surface area contributed by atoms with Gasteiger partial charge in [0.1, 0.15) is 0 Å². The zero-order valence-electron chi connectivity index (χ0n) is 10.0. The van der Waals surface area contributed by atoms with Gasteiger partial charge in [-0.1, -0.05) is 18.1 Å². The van der Waals surface area contributed by atoms with E-state index in [0.29, 0.717) is 12.1 Å². The molecule has 18 heavy (non-hydrogen) atoms. The molecule has 0 aliphatic rings. The number of nitrogens with two attached hydrogens (primary N) is 1. The maximum Gasteiger partial charge on any atom is 0.416 e. The number of hydrogen-bond donors (Lipinski definition) is 2. The van der Waals surface area contributed by atoms with Crippen LogP contribution in [-0.4, -0.2) is 13.1 Å². The highest BCUT2D eigenvalue weighted by molar-refractivity contribution is 5.28. The lowest BCUT2D eigenvalue weighted by Crippen LogP contribution is -2.28.